The summed E-state index contributed by atoms with van der Waals surface area (Å²) in [5.74, 6) is 0.965. The Hall–Kier alpha value is -0.860. The summed E-state index contributed by atoms with van der Waals surface area (Å²) in [6.45, 7) is 5.17. The Bertz CT molecular complexity index is 342. The molecule has 1 fully saturated rings. The molecular weight excluding hydrogens is 232 g/mol. The summed E-state index contributed by atoms with van der Waals surface area (Å²) in [4.78, 5) is 2.60. The summed E-state index contributed by atoms with van der Waals surface area (Å²) in [5.41, 5.74) is 7.21. The summed E-state index contributed by atoms with van der Waals surface area (Å²) in [6, 6.07) is 11.5. The highest BCUT2D eigenvalue weighted by Crippen LogP contribution is 2.30. The normalized spacial score (nSPS) is 23.7. The number of hydrogen-bond donors (Lipinski definition) is 1. The molecule has 0 saturated heterocycles. The first kappa shape index (κ1) is 14.5. The second kappa shape index (κ2) is 7.66. The number of hydrogen-bond acceptors (Lipinski definition) is 2. The van der Waals surface area contributed by atoms with Gasteiger partial charge < -0.3 is 5.73 Å². The molecule has 1 aliphatic carbocycles. The average Bonchev–Trinajstić information content (AvgIpc) is 2.48. The summed E-state index contributed by atoms with van der Waals surface area (Å²) >= 11 is 0. The lowest BCUT2D eigenvalue weighted by Crippen LogP contribution is -2.40. The van der Waals surface area contributed by atoms with E-state index in [1.807, 2.05) is 0 Å². The second-order valence-corrected chi connectivity index (χ2v) is 5.83. The van der Waals surface area contributed by atoms with E-state index in [4.69, 9.17) is 5.73 Å². The summed E-state index contributed by atoms with van der Waals surface area (Å²) in [5, 5.41) is 0. The van der Waals surface area contributed by atoms with Gasteiger partial charge in [0.2, 0.25) is 0 Å². The molecule has 2 nitrogen and oxygen atoms in total. The summed E-state index contributed by atoms with van der Waals surface area (Å²) < 4.78 is 0. The van der Waals surface area contributed by atoms with E-state index in [-0.39, 0.29) is 0 Å². The molecule has 0 spiro atoms. The van der Waals surface area contributed by atoms with E-state index in [0.717, 1.165) is 31.6 Å². The zero-order chi connectivity index (χ0) is 13.5. The minimum Gasteiger partial charge on any atom is -0.329 e. The van der Waals surface area contributed by atoms with E-state index < -0.39 is 0 Å². The van der Waals surface area contributed by atoms with Gasteiger partial charge in [-0.2, -0.15) is 0 Å². The number of nitrogens with two attached hydrogens (primary N) is 1. The molecule has 0 heterocycles. The van der Waals surface area contributed by atoms with Gasteiger partial charge in [0.15, 0.2) is 0 Å². The van der Waals surface area contributed by atoms with Crippen LogP contribution in [0.5, 0.6) is 0 Å². The van der Waals surface area contributed by atoms with E-state index in [0.29, 0.717) is 0 Å². The highest BCUT2D eigenvalue weighted by Gasteiger charge is 2.24. The van der Waals surface area contributed by atoms with Gasteiger partial charge in [-0.3, -0.25) is 4.90 Å². The molecular formula is C17H28N2. The van der Waals surface area contributed by atoms with Crippen LogP contribution in [0.3, 0.4) is 0 Å². The standard InChI is InChI=1S/C17H28N2/c1-2-15-8-10-17(11-9-15)19(13-12-18)14-16-6-4-3-5-7-16/h3-7,15,17H,2,8-14,18H2,1H3. The molecule has 106 valence electrons. The predicted molar refractivity (Wildman–Crippen MR) is 81.9 cm³/mol. The Labute approximate surface area is 118 Å². The van der Waals surface area contributed by atoms with Gasteiger partial charge in [0.05, 0.1) is 0 Å². The Balaban J connectivity index is 1.92. The molecule has 2 rings (SSSR count). The lowest BCUT2D eigenvalue weighted by Gasteiger charge is -2.36. The van der Waals surface area contributed by atoms with Gasteiger partial charge in [0, 0.05) is 25.7 Å². The molecule has 1 saturated carbocycles. The fourth-order valence-corrected chi connectivity index (χ4v) is 3.29. The van der Waals surface area contributed by atoms with E-state index in [9.17, 15) is 0 Å². The van der Waals surface area contributed by atoms with Crippen LogP contribution >= 0.6 is 0 Å². The van der Waals surface area contributed by atoms with Crippen molar-refractivity contribution in [3.05, 3.63) is 35.9 Å². The molecule has 0 aliphatic heterocycles. The van der Waals surface area contributed by atoms with Crippen LogP contribution in [0.4, 0.5) is 0 Å². The first-order valence-electron chi connectivity index (χ1n) is 7.81. The number of nitrogens with zero attached hydrogens (tertiary/aromatic N) is 1. The van der Waals surface area contributed by atoms with Gasteiger partial charge in [0.25, 0.3) is 0 Å². The molecule has 0 radical (unpaired) electrons. The van der Waals surface area contributed by atoms with Gasteiger partial charge >= 0.3 is 0 Å². The van der Waals surface area contributed by atoms with Crippen LogP contribution in [0.15, 0.2) is 30.3 Å². The molecule has 0 amide bonds. The van der Waals surface area contributed by atoms with Gasteiger partial charge in [-0.15, -0.1) is 0 Å². The number of benzene rings is 1. The van der Waals surface area contributed by atoms with E-state index in [1.165, 1.54) is 37.7 Å². The van der Waals surface area contributed by atoms with Gasteiger partial charge in [-0.25, -0.2) is 0 Å². The third-order valence-electron chi connectivity index (χ3n) is 4.55. The summed E-state index contributed by atoms with van der Waals surface area (Å²) in [6.07, 6.45) is 6.85. The van der Waals surface area contributed by atoms with Crippen LogP contribution in [0.25, 0.3) is 0 Å². The van der Waals surface area contributed by atoms with E-state index in [1.54, 1.807) is 0 Å². The van der Waals surface area contributed by atoms with Crippen molar-refractivity contribution in [2.24, 2.45) is 11.7 Å². The zero-order valence-corrected chi connectivity index (χ0v) is 12.2. The van der Waals surface area contributed by atoms with E-state index >= 15 is 0 Å². The molecule has 2 N–H and O–H groups in total. The van der Waals surface area contributed by atoms with Crippen molar-refractivity contribution in [2.45, 2.75) is 51.6 Å². The van der Waals surface area contributed by atoms with Crippen molar-refractivity contribution in [1.82, 2.24) is 4.90 Å². The summed E-state index contributed by atoms with van der Waals surface area (Å²) in [7, 11) is 0. The van der Waals surface area contributed by atoms with Crippen molar-refractivity contribution in [3.8, 4) is 0 Å². The Morgan fingerprint density at radius 3 is 2.37 bits per heavy atom. The first-order chi connectivity index (χ1) is 9.33. The molecule has 1 aliphatic rings. The Morgan fingerprint density at radius 2 is 1.79 bits per heavy atom. The van der Waals surface area contributed by atoms with Crippen LogP contribution in [0, 0.1) is 5.92 Å². The monoisotopic (exact) mass is 260 g/mol. The second-order valence-electron chi connectivity index (χ2n) is 5.83. The minimum absolute atomic E-state index is 0.742. The predicted octanol–water partition coefficient (Wildman–Crippen LogP) is 3.42. The lowest BCUT2D eigenvalue weighted by molar-refractivity contribution is 0.131. The first-order valence-corrected chi connectivity index (χ1v) is 7.81. The average molecular weight is 260 g/mol. The molecule has 0 bridgehead atoms. The van der Waals surface area contributed by atoms with Crippen molar-refractivity contribution in [1.29, 1.82) is 0 Å². The maximum Gasteiger partial charge on any atom is 0.0237 e. The third kappa shape index (κ3) is 4.32. The SMILES string of the molecule is CCC1CCC(N(CCN)Cc2ccccc2)CC1. The lowest BCUT2D eigenvalue weighted by atomic mass is 9.84. The maximum atomic E-state index is 5.80. The molecule has 1 aromatic carbocycles. The zero-order valence-electron chi connectivity index (χ0n) is 12.2. The van der Waals surface area contributed by atoms with Crippen LogP contribution in [0.1, 0.15) is 44.6 Å². The largest absolute Gasteiger partial charge is 0.329 e. The topological polar surface area (TPSA) is 29.3 Å². The van der Waals surface area contributed by atoms with Crippen molar-refractivity contribution < 1.29 is 0 Å². The number of rotatable bonds is 6. The molecule has 0 unspecified atom stereocenters. The van der Waals surface area contributed by atoms with Crippen LogP contribution in [-0.4, -0.2) is 24.0 Å². The van der Waals surface area contributed by atoms with Crippen LogP contribution in [0.2, 0.25) is 0 Å². The fraction of sp³-hybridized carbons (Fsp3) is 0.647. The molecule has 0 atom stereocenters. The molecule has 0 aromatic heterocycles. The Morgan fingerprint density at radius 1 is 1.11 bits per heavy atom. The van der Waals surface area contributed by atoms with Crippen molar-refractivity contribution in [3.63, 3.8) is 0 Å². The molecule has 19 heavy (non-hydrogen) atoms. The minimum atomic E-state index is 0.742. The third-order valence-corrected chi connectivity index (χ3v) is 4.55. The van der Waals surface area contributed by atoms with Gasteiger partial charge in [0.1, 0.15) is 0 Å². The van der Waals surface area contributed by atoms with E-state index in [2.05, 4.69) is 42.2 Å². The highest BCUT2D eigenvalue weighted by atomic mass is 15.2. The molecule has 2 heteroatoms. The smallest absolute Gasteiger partial charge is 0.0237 e. The van der Waals surface area contributed by atoms with Crippen molar-refractivity contribution >= 4 is 0 Å². The fourth-order valence-electron chi connectivity index (χ4n) is 3.29. The van der Waals surface area contributed by atoms with Gasteiger partial charge in [-0.1, -0.05) is 43.7 Å². The molecule has 1 aromatic rings. The van der Waals surface area contributed by atoms with Crippen LogP contribution < -0.4 is 5.73 Å². The van der Waals surface area contributed by atoms with Gasteiger partial charge in [-0.05, 0) is 37.2 Å². The maximum absolute atomic E-state index is 5.80. The van der Waals surface area contributed by atoms with Crippen molar-refractivity contribution in [2.75, 3.05) is 13.1 Å². The van der Waals surface area contributed by atoms with Crippen LogP contribution in [-0.2, 0) is 6.54 Å². The quantitative estimate of drug-likeness (QED) is 0.849. The highest BCUT2D eigenvalue weighted by molar-refractivity contribution is 5.14. The Kier molecular flexibility index (Phi) is 5.87.